The average Bonchev–Trinajstić information content (AvgIpc) is 3.42. The maximum absolute atomic E-state index is 13.2. The average molecular weight is 539 g/mol. The number of ether oxygens (including phenoxy) is 2. The Kier molecular flexibility index (Phi) is 8.51. The van der Waals surface area contributed by atoms with Gasteiger partial charge < -0.3 is 14.5 Å². The topological polar surface area (TPSA) is 98.2 Å². The van der Waals surface area contributed by atoms with Gasteiger partial charge in [0.2, 0.25) is 0 Å². The largest absolute Gasteiger partial charge is 0.497 e. The Morgan fingerprint density at radius 3 is 2.42 bits per heavy atom. The van der Waals surface area contributed by atoms with Crippen LogP contribution < -0.4 is 15.0 Å². The van der Waals surface area contributed by atoms with Crippen LogP contribution in [0.2, 0.25) is 0 Å². The number of rotatable bonds is 12. The van der Waals surface area contributed by atoms with Crippen LogP contribution in [0.5, 0.6) is 11.5 Å². The molecule has 206 valence electrons. The highest BCUT2D eigenvalue weighted by molar-refractivity contribution is 5.80. The number of benzene rings is 3. The van der Waals surface area contributed by atoms with Gasteiger partial charge in [0.25, 0.3) is 5.56 Å². The molecule has 0 spiro atoms. The lowest BCUT2D eigenvalue weighted by Crippen LogP contribution is -2.32. The molecule has 2 heterocycles. The van der Waals surface area contributed by atoms with Crippen LogP contribution >= 0.6 is 0 Å². The predicted octanol–water partition coefficient (Wildman–Crippen LogP) is 5.12. The molecule has 5 aromatic rings. The number of tetrazole rings is 1. The van der Waals surface area contributed by atoms with E-state index in [0.717, 1.165) is 45.8 Å². The van der Waals surface area contributed by atoms with Crippen molar-refractivity contribution in [2.24, 2.45) is 0 Å². The first-order chi connectivity index (χ1) is 19.6. The summed E-state index contributed by atoms with van der Waals surface area (Å²) in [5.74, 6) is 2.33. The zero-order valence-corrected chi connectivity index (χ0v) is 23.1. The van der Waals surface area contributed by atoms with Gasteiger partial charge in [-0.25, -0.2) is 4.68 Å². The van der Waals surface area contributed by atoms with Crippen molar-refractivity contribution in [1.29, 1.82) is 0 Å². The highest BCUT2D eigenvalue weighted by Gasteiger charge is 2.26. The van der Waals surface area contributed by atoms with Gasteiger partial charge in [0.05, 0.1) is 26.3 Å². The van der Waals surface area contributed by atoms with Gasteiger partial charge in [-0.1, -0.05) is 49.4 Å². The summed E-state index contributed by atoms with van der Waals surface area (Å²) in [6.45, 7) is 6.23. The molecule has 1 atom stereocenters. The lowest BCUT2D eigenvalue weighted by Gasteiger charge is -2.30. The van der Waals surface area contributed by atoms with E-state index in [-0.39, 0.29) is 11.6 Å². The van der Waals surface area contributed by atoms with E-state index in [1.807, 2.05) is 78.3 Å². The quantitative estimate of drug-likeness (QED) is 0.235. The Morgan fingerprint density at radius 1 is 0.925 bits per heavy atom. The number of methoxy groups -OCH3 is 1. The van der Waals surface area contributed by atoms with E-state index < -0.39 is 0 Å². The molecule has 0 aliphatic heterocycles. The normalized spacial score (nSPS) is 12.1. The Morgan fingerprint density at radius 2 is 1.70 bits per heavy atom. The van der Waals surface area contributed by atoms with Crippen molar-refractivity contribution in [3.05, 3.63) is 112 Å². The van der Waals surface area contributed by atoms with Crippen molar-refractivity contribution in [3.8, 4) is 11.5 Å². The minimum absolute atomic E-state index is 0.109. The van der Waals surface area contributed by atoms with Crippen LogP contribution in [0.3, 0.4) is 0 Å². The molecule has 0 saturated heterocycles. The minimum Gasteiger partial charge on any atom is -0.497 e. The number of fused-ring (bicyclic) bond motifs is 1. The molecule has 0 radical (unpaired) electrons. The standard InChI is InChI=1S/C31H34N6O3/c1-4-29(30-33-34-35-37(30)20-23-11-13-26(39-3)14-12-23)36(19-22-9-7-6-8-10-22)21-25-17-24-18-27(40-5-2)15-16-28(24)32-31(25)38/h6-18,29H,4-5,19-21H2,1-3H3,(H,32,38)/t29-/m1/s1. The van der Waals surface area contributed by atoms with E-state index >= 15 is 0 Å². The van der Waals surface area contributed by atoms with Gasteiger partial charge in [0.15, 0.2) is 5.82 Å². The second kappa shape index (κ2) is 12.6. The van der Waals surface area contributed by atoms with Gasteiger partial charge in [-0.2, -0.15) is 0 Å². The number of nitrogens with one attached hydrogen (secondary N) is 1. The first kappa shape index (κ1) is 27.1. The lowest BCUT2D eigenvalue weighted by atomic mass is 10.1. The van der Waals surface area contributed by atoms with Crippen molar-refractivity contribution in [1.82, 2.24) is 30.1 Å². The van der Waals surface area contributed by atoms with Gasteiger partial charge in [-0.15, -0.1) is 5.10 Å². The van der Waals surface area contributed by atoms with Gasteiger partial charge in [0, 0.05) is 29.6 Å². The van der Waals surface area contributed by atoms with E-state index in [0.29, 0.717) is 31.8 Å². The zero-order chi connectivity index (χ0) is 27.9. The van der Waals surface area contributed by atoms with Gasteiger partial charge >= 0.3 is 0 Å². The summed E-state index contributed by atoms with van der Waals surface area (Å²) in [5.41, 5.74) is 3.55. The van der Waals surface area contributed by atoms with Gasteiger partial charge in [-0.3, -0.25) is 9.69 Å². The van der Waals surface area contributed by atoms with Crippen molar-refractivity contribution in [2.75, 3.05) is 13.7 Å². The van der Waals surface area contributed by atoms with Crippen molar-refractivity contribution < 1.29 is 9.47 Å². The van der Waals surface area contributed by atoms with E-state index in [9.17, 15) is 4.79 Å². The van der Waals surface area contributed by atoms with Gasteiger partial charge in [-0.05, 0) is 71.3 Å². The highest BCUT2D eigenvalue weighted by atomic mass is 16.5. The molecule has 2 aromatic heterocycles. The fourth-order valence-corrected chi connectivity index (χ4v) is 4.99. The number of aromatic nitrogens is 5. The molecule has 3 aromatic carbocycles. The van der Waals surface area contributed by atoms with Crippen LogP contribution in [0, 0.1) is 0 Å². The third-order valence-electron chi connectivity index (χ3n) is 6.98. The number of hydrogen-bond donors (Lipinski definition) is 1. The molecule has 0 fully saturated rings. The minimum atomic E-state index is -0.127. The predicted molar refractivity (Wildman–Crippen MR) is 154 cm³/mol. The Balaban J connectivity index is 1.49. The summed E-state index contributed by atoms with van der Waals surface area (Å²) in [7, 11) is 1.65. The third-order valence-corrected chi connectivity index (χ3v) is 6.98. The fraction of sp³-hybridized carbons (Fsp3) is 0.290. The van der Waals surface area contributed by atoms with Crippen LogP contribution in [0.1, 0.15) is 48.8 Å². The van der Waals surface area contributed by atoms with Crippen LogP contribution in [0.15, 0.2) is 83.7 Å². The second-order valence-electron chi connectivity index (χ2n) is 9.66. The molecule has 0 unspecified atom stereocenters. The molecule has 0 amide bonds. The summed E-state index contributed by atoms with van der Waals surface area (Å²) in [6, 6.07) is 25.7. The SMILES string of the molecule is CCOc1ccc2[nH]c(=O)c(CN(Cc3ccccc3)[C@H](CC)c3nnnn3Cc3ccc(OC)cc3)cc2c1. The lowest BCUT2D eigenvalue weighted by molar-refractivity contribution is 0.161. The van der Waals surface area contributed by atoms with E-state index in [1.54, 1.807) is 7.11 Å². The fourth-order valence-electron chi connectivity index (χ4n) is 4.99. The van der Waals surface area contributed by atoms with Crippen LogP contribution in [0.4, 0.5) is 0 Å². The molecular weight excluding hydrogens is 504 g/mol. The van der Waals surface area contributed by atoms with E-state index in [1.165, 1.54) is 0 Å². The summed E-state index contributed by atoms with van der Waals surface area (Å²) < 4.78 is 12.8. The maximum Gasteiger partial charge on any atom is 0.252 e. The third kappa shape index (κ3) is 6.21. The number of aromatic amines is 1. The first-order valence-corrected chi connectivity index (χ1v) is 13.5. The molecule has 0 bridgehead atoms. The van der Waals surface area contributed by atoms with Crippen LogP contribution in [-0.4, -0.2) is 43.8 Å². The van der Waals surface area contributed by atoms with E-state index in [2.05, 4.69) is 44.5 Å². The number of hydrogen-bond acceptors (Lipinski definition) is 7. The van der Waals surface area contributed by atoms with Crippen LogP contribution in [0.25, 0.3) is 10.9 Å². The zero-order valence-electron chi connectivity index (χ0n) is 23.1. The number of H-pyrrole nitrogens is 1. The van der Waals surface area contributed by atoms with Crippen molar-refractivity contribution in [3.63, 3.8) is 0 Å². The van der Waals surface area contributed by atoms with Gasteiger partial charge in [0.1, 0.15) is 11.5 Å². The number of nitrogens with zero attached hydrogens (tertiary/aromatic N) is 5. The molecule has 9 nitrogen and oxygen atoms in total. The molecule has 40 heavy (non-hydrogen) atoms. The first-order valence-electron chi connectivity index (χ1n) is 13.5. The van der Waals surface area contributed by atoms with Crippen molar-refractivity contribution in [2.45, 2.75) is 45.9 Å². The summed E-state index contributed by atoms with van der Waals surface area (Å²) in [6.07, 6.45) is 0.760. The Labute approximate surface area is 233 Å². The van der Waals surface area contributed by atoms with Crippen LogP contribution in [-0.2, 0) is 19.6 Å². The molecule has 0 aliphatic rings. The summed E-state index contributed by atoms with van der Waals surface area (Å²) in [4.78, 5) is 18.5. The molecule has 5 rings (SSSR count). The summed E-state index contributed by atoms with van der Waals surface area (Å²) >= 11 is 0. The molecular formula is C31H34N6O3. The summed E-state index contributed by atoms with van der Waals surface area (Å²) in [5, 5.41) is 13.7. The molecule has 1 N–H and O–H groups in total. The molecule has 0 aliphatic carbocycles. The van der Waals surface area contributed by atoms with E-state index in [4.69, 9.17) is 9.47 Å². The highest BCUT2D eigenvalue weighted by Crippen LogP contribution is 2.27. The Bertz CT molecular complexity index is 1600. The maximum atomic E-state index is 13.2. The smallest absolute Gasteiger partial charge is 0.252 e. The number of pyridine rings is 1. The second-order valence-corrected chi connectivity index (χ2v) is 9.66. The van der Waals surface area contributed by atoms with Crippen molar-refractivity contribution >= 4 is 10.9 Å². The monoisotopic (exact) mass is 538 g/mol. The molecule has 9 heteroatoms. The molecule has 0 saturated carbocycles. The Hall–Kier alpha value is -4.50.